The predicted octanol–water partition coefficient (Wildman–Crippen LogP) is 2.99. The van der Waals surface area contributed by atoms with Crippen LogP contribution in [0.5, 0.6) is 0 Å². The van der Waals surface area contributed by atoms with E-state index in [0.29, 0.717) is 12.2 Å². The Balaban J connectivity index is 2.58. The van der Waals surface area contributed by atoms with Gasteiger partial charge in [0.2, 0.25) is 0 Å². The van der Waals surface area contributed by atoms with Crippen molar-refractivity contribution in [3.63, 3.8) is 0 Å². The zero-order valence-electron chi connectivity index (χ0n) is 14.6. The van der Waals surface area contributed by atoms with E-state index in [1.807, 2.05) is 0 Å². The van der Waals surface area contributed by atoms with Gasteiger partial charge in [-0.1, -0.05) is 44.4 Å². The minimum absolute atomic E-state index is 0.0746. The number of carbonyl (C=O) groups is 2. The van der Waals surface area contributed by atoms with Crippen LogP contribution in [0, 0.1) is 0 Å². The topological polar surface area (TPSA) is 84.9 Å². The number of nitrogens with one attached hydrogen (secondary N) is 1. The van der Waals surface area contributed by atoms with E-state index < -0.39 is 17.7 Å². The summed E-state index contributed by atoms with van der Waals surface area (Å²) in [7, 11) is 1.28. The quantitative estimate of drug-likeness (QED) is 0.534. The Bertz CT molecular complexity index is 542. The van der Waals surface area contributed by atoms with Gasteiger partial charge in [-0.05, 0) is 25.0 Å². The lowest BCUT2D eigenvalue weighted by atomic mass is 9.91. The molecule has 0 spiro atoms. The summed E-state index contributed by atoms with van der Waals surface area (Å²) in [5, 5.41) is 13.2. The molecule has 0 saturated heterocycles. The molecule has 0 aromatic heterocycles. The van der Waals surface area contributed by atoms with Crippen LogP contribution in [0.1, 0.15) is 55.5 Å². The van der Waals surface area contributed by atoms with Crippen molar-refractivity contribution < 1.29 is 24.2 Å². The Labute approximate surface area is 143 Å². The zero-order valence-corrected chi connectivity index (χ0v) is 14.6. The van der Waals surface area contributed by atoms with Crippen molar-refractivity contribution in [2.45, 2.75) is 45.1 Å². The number of alkyl carbamates (subject to hydrolysis) is 1. The molecule has 6 nitrogen and oxygen atoms in total. The Hall–Kier alpha value is -2.08. The Morgan fingerprint density at radius 1 is 1.21 bits per heavy atom. The van der Waals surface area contributed by atoms with Gasteiger partial charge in [-0.3, -0.25) is 0 Å². The van der Waals surface area contributed by atoms with Crippen molar-refractivity contribution in [3.05, 3.63) is 35.4 Å². The summed E-state index contributed by atoms with van der Waals surface area (Å²) in [6, 6.07) is 6.60. The highest BCUT2D eigenvalue weighted by atomic mass is 16.5. The standard InChI is InChI=1S/C18H27NO5/c1-4-5-6-9-12-24-17(21)19-13-18(2,22)15-11-8-7-10-14(15)16(20)23-3/h7-8,10-11,22H,4-6,9,12-13H2,1-3H3,(H,19,21)/t18-/m1/s1. The van der Waals surface area contributed by atoms with Gasteiger partial charge in [-0.25, -0.2) is 9.59 Å². The molecule has 2 N–H and O–H groups in total. The first-order valence-corrected chi connectivity index (χ1v) is 8.23. The van der Waals surface area contributed by atoms with Gasteiger partial charge in [-0.2, -0.15) is 0 Å². The fourth-order valence-corrected chi connectivity index (χ4v) is 2.32. The summed E-state index contributed by atoms with van der Waals surface area (Å²) >= 11 is 0. The molecule has 1 atom stereocenters. The number of unbranched alkanes of at least 4 members (excludes halogenated alkanes) is 3. The molecular weight excluding hydrogens is 310 g/mol. The number of amides is 1. The van der Waals surface area contributed by atoms with E-state index >= 15 is 0 Å². The van der Waals surface area contributed by atoms with E-state index in [1.165, 1.54) is 14.0 Å². The minimum atomic E-state index is -1.42. The first-order chi connectivity index (χ1) is 11.4. The van der Waals surface area contributed by atoms with Crippen LogP contribution in [-0.2, 0) is 15.1 Å². The second-order valence-electron chi connectivity index (χ2n) is 5.86. The number of carbonyl (C=O) groups excluding carboxylic acids is 2. The number of rotatable bonds is 9. The maximum Gasteiger partial charge on any atom is 0.407 e. The summed E-state index contributed by atoms with van der Waals surface area (Å²) < 4.78 is 9.79. The maximum absolute atomic E-state index is 11.8. The molecule has 0 saturated carbocycles. The van der Waals surface area contributed by atoms with Crippen LogP contribution in [0.4, 0.5) is 4.79 Å². The van der Waals surface area contributed by atoms with Crippen LogP contribution in [0.25, 0.3) is 0 Å². The molecule has 6 heteroatoms. The molecular formula is C18H27NO5. The molecule has 0 unspecified atom stereocenters. The highest BCUT2D eigenvalue weighted by molar-refractivity contribution is 5.91. The summed E-state index contributed by atoms with van der Waals surface area (Å²) in [5.74, 6) is -0.538. The molecule has 1 aromatic carbocycles. The molecule has 0 fully saturated rings. The zero-order chi connectivity index (χ0) is 18.0. The lowest BCUT2D eigenvalue weighted by molar-refractivity contribution is 0.0467. The molecule has 134 valence electrons. The van der Waals surface area contributed by atoms with E-state index in [4.69, 9.17) is 9.47 Å². The van der Waals surface area contributed by atoms with Gasteiger partial charge in [-0.15, -0.1) is 0 Å². The van der Waals surface area contributed by atoms with Crippen molar-refractivity contribution in [1.29, 1.82) is 0 Å². The second kappa shape index (κ2) is 9.93. The molecule has 1 aromatic rings. The maximum atomic E-state index is 11.8. The van der Waals surface area contributed by atoms with Crippen molar-refractivity contribution in [2.75, 3.05) is 20.3 Å². The third-order valence-electron chi connectivity index (χ3n) is 3.72. The molecule has 0 radical (unpaired) electrons. The number of ether oxygens (including phenoxy) is 2. The average Bonchev–Trinajstić information content (AvgIpc) is 2.59. The highest BCUT2D eigenvalue weighted by Gasteiger charge is 2.29. The smallest absolute Gasteiger partial charge is 0.407 e. The van der Waals surface area contributed by atoms with Crippen LogP contribution in [0.3, 0.4) is 0 Å². The van der Waals surface area contributed by atoms with E-state index in [-0.39, 0.29) is 12.1 Å². The number of hydrogen-bond acceptors (Lipinski definition) is 5. The SMILES string of the molecule is CCCCCCOC(=O)NC[C@@](C)(O)c1ccccc1C(=O)OC. The molecule has 0 heterocycles. The van der Waals surface area contributed by atoms with E-state index in [2.05, 4.69) is 12.2 Å². The minimum Gasteiger partial charge on any atom is -0.465 e. The average molecular weight is 337 g/mol. The summed E-state index contributed by atoms with van der Waals surface area (Å²) in [6.45, 7) is 3.92. The molecule has 0 aliphatic rings. The Kier molecular flexibility index (Phi) is 8.26. The second-order valence-corrected chi connectivity index (χ2v) is 5.86. The third-order valence-corrected chi connectivity index (χ3v) is 3.72. The molecule has 0 bridgehead atoms. The molecule has 24 heavy (non-hydrogen) atoms. The lowest BCUT2D eigenvalue weighted by Gasteiger charge is -2.26. The van der Waals surface area contributed by atoms with Crippen LogP contribution in [-0.4, -0.2) is 37.4 Å². The van der Waals surface area contributed by atoms with Gasteiger partial charge in [0, 0.05) is 0 Å². The molecule has 0 aliphatic heterocycles. The largest absolute Gasteiger partial charge is 0.465 e. The van der Waals surface area contributed by atoms with Gasteiger partial charge in [0.25, 0.3) is 0 Å². The van der Waals surface area contributed by atoms with Crippen molar-refractivity contribution in [3.8, 4) is 0 Å². The van der Waals surface area contributed by atoms with Gasteiger partial charge in [0.15, 0.2) is 0 Å². The number of aliphatic hydroxyl groups is 1. The number of esters is 1. The van der Waals surface area contributed by atoms with Crippen LogP contribution >= 0.6 is 0 Å². The number of hydrogen-bond donors (Lipinski definition) is 2. The van der Waals surface area contributed by atoms with Crippen molar-refractivity contribution >= 4 is 12.1 Å². The van der Waals surface area contributed by atoms with Crippen molar-refractivity contribution in [1.82, 2.24) is 5.32 Å². The van der Waals surface area contributed by atoms with Gasteiger partial charge in [0.1, 0.15) is 5.60 Å². The molecule has 0 aliphatic carbocycles. The van der Waals surface area contributed by atoms with E-state index in [9.17, 15) is 14.7 Å². The Morgan fingerprint density at radius 3 is 2.58 bits per heavy atom. The Morgan fingerprint density at radius 2 is 1.92 bits per heavy atom. The van der Waals surface area contributed by atoms with E-state index in [0.717, 1.165) is 25.7 Å². The fraction of sp³-hybridized carbons (Fsp3) is 0.556. The van der Waals surface area contributed by atoms with Gasteiger partial charge in [0.05, 0.1) is 25.8 Å². The van der Waals surface area contributed by atoms with Crippen LogP contribution < -0.4 is 5.32 Å². The predicted molar refractivity (Wildman–Crippen MR) is 90.8 cm³/mol. The number of benzene rings is 1. The van der Waals surface area contributed by atoms with Gasteiger partial charge < -0.3 is 19.9 Å². The van der Waals surface area contributed by atoms with Crippen LogP contribution in [0.2, 0.25) is 0 Å². The summed E-state index contributed by atoms with van der Waals surface area (Å²) in [6.07, 6.45) is 3.50. The normalized spacial score (nSPS) is 13.0. The number of methoxy groups -OCH3 is 1. The third kappa shape index (κ3) is 6.20. The first-order valence-electron chi connectivity index (χ1n) is 8.23. The lowest BCUT2D eigenvalue weighted by Crippen LogP contribution is -2.40. The summed E-state index contributed by atoms with van der Waals surface area (Å²) in [4.78, 5) is 23.5. The monoisotopic (exact) mass is 337 g/mol. The molecule has 1 rings (SSSR count). The van der Waals surface area contributed by atoms with E-state index in [1.54, 1.807) is 24.3 Å². The van der Waals surface area contributed by atoms with Crippen molar-refractivity contribution in [2.24, 2.45) is 0 Å². The molecule has 1 amide bonds. The van der Waals surface area contributed by atoms with Gasteiger partial charge >= 0.3 is 12.1 Å². The highest BCUT2D eigenvalue weighted by Crippen LogP contribution is 2.24. The summed E-state index contributed by atoms with van der Waals surface area (Å²) in [5.41, 5.74) is -0.772. The van der Waals surface area contributed by atoms with Crippen LogP contribution in [0.15, 0.2) is 24.3 Å². The fourth-order valence-electron chi connectivity index (χ4n) is 2.32. The first kappa shape index (κ1) is 20.0.